The number of allylic oxidation sites excluding steroid dienone is 1. The van der Waals surface area contributed by atoms with E-state index >= 15 is 0 Å². The van der Waals surface area contributed by atoms with E-state index in [1.807, 2.05) is 20.8 Å². The van der Waals surface area contributed by atoms with Gasteiger partial charge in [0.15, 0.2) is 0 Å². The zero-order valence-electron chi connectivity index (χ0n) is 19.8. The average Bonchev–Trinajstić information content (AvgIpc) is 3.16. The van der Waals surface area contributed by atoms with Crippen molar-refractivity contribution in [3.8, 4) is 0 Å². The average molecular weight is 437 g/mol. The van der Waals surface area contributed by atoms with Gasteiger partial charge in [-0.05, 0) is 54.6 Å². The minimum atomic E-state index is -2.63. The highest BCUT2D eigenvalue weighted by Crippen LogP contribution is 2.39. The van der Waals surface area contributed by atoms with Gasteiger partial charge in [-0.15, -0.1) is 0 Å². The van der Waals surface area contributed by atoms with Crippen molar-refractivity contribution in [1.82, 2.24) is 0 Å². The normalized spacial score (nSPS) is 17.4. The molecule has 0 saturated heterocycles. The first kappa shape index (κ1) is 23.5. The van der Waals surface area contributed by atoms with Crippen molar-refractivity contribution >= 4 is 24.7 Å². The summed E-state index contributed by atoms with van der Waals surface area (Å²) >= 11 is 0. The lowest BCUT2D eigenvalue weighted by molar-refractivity contribution is -0.152. The molecule has 0 heterocycles. The summed E-state index contributed by atoms with van der Waals surface area (Å²) in [5.74, 6) is -0.176. The molecule has 3 rings (SSSR count). The summed E-state index contributed by atoms with van der Waals surface area (Å²) in [5, 5.41) is 2.46. The molecule has 2 aromatic carbocycles. The molecule has 1 atom stereocenters. The number of ether oxygens (including phenoxy) is 1. The largest absolute Gasteiger partial charge is 0.461 e. The van der Waals surface area contributed by atoms with Crippen molar-refractivity contribution < 1.29 is 14.0 Å². The van der Waals surface area contributed by atoms with Gasteiger partial charge in [0.05, 0.1) is 11.5 Å². The molecule has 4 heteroatoms. The number of esters is 1. The van der Waals surface area contributed by atoms with Crippen LogP contribution in [0.15, 0.2) is 72.3 Å². The molecule has 0 bridgehead atoms. The zero-order valence-corrected chi connectivity index (χ0v) is 20.8. The minimum Gasteiger partial charge on any atom is -0.461 e. The van der Waals surface area contributed by atoms with Crippen LogP contribution in [-0.2, 0) is 14.0 Å². The van der Waals surface area contributed by atoms with E-state index in [2.05, 4.69) is 87.5 Å². The Morgan fingerprint density at radius 2 is 1.42 bits per heavy atom. The van der Waals surface area contributed by atoms with Gasteiger partial charge in [-0.1, -0.05) is 87.5 Å². The molecule has 1 aliphatic carbocycles. The summed E-state index contributed by atoms with van der Waals surface area (Å²) in [5.41, 5.74) is 0.582. The van der Waals surface area contributed by atoms with Crippen molar-refractivity contribution in [3.05, 3.63) is 72.3 Å². The fraction of sp³-hybridized carbons (Fsp3) is 0.444. The third kappa shape index (κ3) is 5.02. The van der Waals surface area contributed by atoms with Crippen LogP contribution in [-0.4, -0.2) is 27.0 Å². The number of carbonyl (C=O) groups is 1. The lowest BCUT2D eigenvalue weighted by atomic mass is 9.97. The number of rotatable bonds is 6. The Morgan fingerprint density at radius 3 is 1.87 bits per heavy atom. The Balaban J connectivity index is 1.98. The zero-order chi connectivity index (χ0) is 22.7. The maximum atomic E-state index is 12.3. The molecule has 0 N–H and O–H groups in total. The summed E-state index contributed by atoms with van der Waals surface area (Å²) in [6.07, 6.45) is 4.02. The highest BCUT2D eigenvalue weighted by molar-refractivity contribution is 6.99. The van der Waals surface area contributed by atoms with Gasteiger partial charge >= 0.3 is 5.97 Å². The third-order valence-corrected chi connectivity index (χ3v) is 11.0. The van der Waals surface area contributed by atoms with Crippen molar-refractivity contribution in [2.75, 3.05) is 6.61 Å². The Labute approximate surface area is 188 Å². The van der Waals surface area contributed by atoms with E-state index in [9.17, 15) is 4.79 Å². The van der Waals surface area contributed by atoms with E-state index in [-0.39, 0.29) is 17.1 Å². The smallest absolute Gasteiger partial charge is 0.311 e. The SMILES string of the molecule is CC(C)(C)C(=O)OCC1=CCCC1O[Si](c1ccccc1)(c1ccccc1)C(C)(C)C. The molecule has 0 amide bonds. The quantitative estimate of drug-likeness (QED) is 0.353. The van der Waals surface area contributed by atoms with Crippen molar-refractivity contribution in [2.24, 2.45) is 5.41 Å². The summed E-state index contributed by atoms with van der Waals surface area (Å²) < 4.78 is 12.9. The van der Waals surface area contributed by atoms with Gasteiger partial charge in [0, 0.05) is 0 Å². The maximum absolute atomic E-state index is 12.3. The molecule has 1 unspecified atom stereocenters. The first-order chi connectivity index (χ1) is 14.6. The Hall–Kier alpha value is -2.17. The van der Waals surface area contributed by atoms with Gasteiger partial charge < -0.3 is 9.16 Å². The van der Waals surface area contributed by atoms with Crippen LogP contribution in [0.5, 0.6) is 0 Å². The second-order valence-corrected chi connectivity index (χ2v) is 14.7. The van der Waals surface area contributed by atoms with Crippen LogP contribution in [0.3, 0.4) is 0 Å². The fourth-order valence-electron chi connectivity index (χ4n) is 4.29. The van der Waals surface area contributed by atoms with E-state index in [1.165, 1.54) is 10.4 Å². The van der Waals surface area contributed by atoms with Crippen molar-refractivity contribution in [3.63, 3.8) is 0 Å². The van der Waals surface area contributed by atoms with Gasteiger partial charge in [0.25, 0.3) is 8.32 Å². The van der Waals surface area contributed by atoms with Gasteiger partial charge in [-0.2, -0.15) is 0 Å². The van der Waals surface area contributed by atoms with Crippen LogP contribution in [0.4, 0.5) is 0 Å². The van der Waals surface area contributed by atoms with E-state index in [0.29, 0.717) is 6.61 Å². The predicted molar refractivity (Wildman–Crippen MR) is 130 cm³/mol. The van der Waals surface area contributed by atoms with Crippen molar-refractivity contribution in [2.45, 2.75) is 65.5 Å². The molecule has 0 aromatic heterocycles. The molecular formula is C27H36O3Si. The van der Waals surface area contributed by atoms with E-state index in [1.54, 1.807) is 0 Å². The molecule has 0 aliphatic heterocycles. The van der Waals surface area contributed by atoms with Crippen LogP contribution in [0.2, 0.25) is 5.04 Å². The first-order valence-corrected chi connectivity index (χ1v) is 13.1. The molecular weight excluding hydrogens is 400 g/mol. The van der Waals surface area contributed by atoms with Crippen LogP contribution < -0.4 is 10.4 Å². The van der Waals surface area contributed by atoms with E-state index in [4.69, 9.17) is 9.16 Å². The van der Waals surface area contributed by atoms with Crippen LogP contribution in [0.1, 0.15) is 54.4 Å². The standard InChI is InChI=1S/C27H36O3Si/c1-26(2,3)25(28)29-20-21-14-13-19-24(21)30-31(27(4,5)6,22-15-9-7-10-16-22)23-17-11-8-12-18-23/h7-12,14-18,24H,13,19-20H2,1-6H3. The topological polar surface area (TPSA) is 35.5 Å². The maximum Gasteiger partial charge on any atom is 0.311 e. The lowest BCUT2D eigenvalue weighted by Gasteiger charge is -2.45. The number of hydrogen-bond donors (Lipinski definition) is 0. The van der Waals surface area contributed by atoms with Crippen LogP contribution >= 0.6 is 0 Å². The number of hydrogen-bond acceptors (Lipinski definition) is 3. The molecule has 0 saturated carbocycles. The van der Waals surface area contributed by atoms with Gasteiger partial charge in [-0.25, -0.2) is 0 Å². The van der Waals surface area contributed by atoms with Gasteiger partial charge in [0.1, 0.15) is 6.61 Å². The summed E-state index contributed by atoms with van der Waals surface area (Å²) in [6, 6.07) is 21.4. The first-order valence-electron chi connectivity index (χ1n) is 11.2. The predicted octanol–water partition coefficient (Wildman–Crippen LogP) is 5.24. The molecule has 1 aliphatic rings. The highest BCUT2D eigenvalue weighted by Gasteiger charge is 2.52. The molecule has 0 fully saturated rings. The molecule has 2 aromatic rings. The summed E-state index contributed by atoms with van der Waals surface area (Å²) in [4.78, 5) is 12.3. The van der Waals surface area contributed by atoms with E-state index in [0.717, 1.165) is 18.4 Å². The third-order valence-electron chi connectivity index (χ3n) is 5.97. The van der Waals surface area contributed by atoms with Gasteiger partial charge in [-0.3, -0.25) is 4.79 Å². The summed E-state index contributed by atoms with van der Waals surface area (Å²) in [6.45, 7) is 12.8. The lowest BCUT2D eigenvalue weighted by Crippen LogP contribution is -2.67. The molecule has 166 valence electrons. The Kier molecular flexibility index (Phi) is 6.92. The molecule has 0 spiro atoms. The van der Waals surface area contributed by atoms with E-state index < -0.39 is 13.7 Å². The number of carbonyl (C=O) groups excluding carboxylic acids is 1. The van der Waals surface area contributed by atoms with Crippen molar-refractivity contribution in [1.29, 1.82) is 0 Å². The molecule has 3 nitrogen and oxygen atoms in total. The second kappa shape index (κ2) is 9.13. The van der Waals surface area contributed by atoms with Crippen LogP contribution in [0, 0.1) is 5.41 Å². The fourth-order valence-corrected chi connectivity index (χ4v) is 9.00. The Morgan fingerprint density at radius 1 is 0.903 bits per heavy atom. The molecule has 31 heavy (non-hydrogen) atoms. The molecule has 0 radical (unpaired) electrons. The summed E-state index contributed by atoms with van der Waals surface area (Å²) in [7, 11) is -2.63. The Bertz CT molecular complexity index is 865. The monoisotopic (exact) mass is 436 g/mol. The number of benzene rings is 2. The highest BCUT2D eigenvalue weighted by atomic mass is 28.4. The second-order valence-electron chi connectivity index (χ2n) is 10.5. The minimum absolute atomic E-state index is 0.0425. The van der Waals surface area contributed by atoms with Crippen LogP contribution in [0.25, 0.3) is 0 Å². The van der Waals surface area contributed by atoms with Gasteiger partial charge in [0.2, 0.25) is 0 Å².